The fraction of sp³-hybridized carbons (Fsp3) is 0.583. The number of carbonyl (C=O) groups is 2. The summed E-state index contributed by atoms with van der Waals surface area (Å²) in [6.07, 6.45) is 4.71. The van der Waals surface area contributed by atoms with E-state index in [0.717, 1.165) is 25.9 Å². The van der Waals surface area contributed by atoms with E-state index in [1.807, 2.05) is 4.90 Å². The molecule has 1 saturated heterocycles. The lowest BCUT2D eigenvalue weighted by Gasteiger charge is -2.29. The maximum absolute atomic E-state index is 12.3. The summed E-state index contributed by atoms with van der Waals surface area (Å²) in [5.74, 6) is -0.688. The molecule has 1 fully saturated rings. The second-order valence-corrected chi connectivity index (χ2v) is 4.84. The van der Waals surface area contributed by atoms with Crippen LogP contribution in [0.4, 0.5) is 5.69 Å². The van der Waals surface area contributed by atoms with Crippen LogP contribution in [0.15, 0.2) is 6.20 Å². The molecule has 2 amide bonds. The first-order valence-corrected chi connectivity index (χ1v) is 6.44. The van der Waals surface area contributed by atoms with Crippen LogP contribution in [-0.2, 0) is 4.79 Å². The van der Waals surface area contributed by atoms with Gasteiger partial charge in [-0.2, -0.15) is 5.10 Å². The molecule has 1 unspecified atom stereocenters. The summed E-state index contributed by atoms with van der Waals surface area (Å²) < 4.78 is 1.41. The molecule has 0 bridgehead atoms. The van der Waals surface area contributed by atoms with Crippen LogP contribution in [0.3, 0.4) is 0 Å². The minimum Gasteiger partial charge on any atom is -0.396 e. The highest BCUT2D eigenvalue weighted by Gasteiger charge is 2.25. The van der Waals surface area contributed by atoms with E-state index in [4.69, 9.17) is 11.5 Å². The van der Waals surface area contributed by atoms with Crippen LogP contribution in [0.25, 0.3) is 0 Å². The summed E-state index contributed by atoms with van der Waals surface area (Å²) in [5, 5.41) is 3.99. The Hall–Kier alpha value is -2.05. The summed E-state index contributed by atoms with van der Waals surface area (Å²) >= 11 is 0. The van der Waals surface area contributed by atoms with Crippen molar-refractivity contribution >= 4 is 17.5 Å². The molecule has 1 aliphatic heterocycles. The molecule has 0 radical (unpaired) electrons. The van der Waals surface area contributed by atoms with Crippen LogP contribution in [0.2, 0.25) is 0 Å². The quantitative estimate of drug-likeness (QED) is 0.810. The number of piperidine rings is 1. The first kappa shape index (κ1) is 13.4. The molecule has 1 aliphatic rings. The highest BCUT2D eigenvalue weighted by Crippen LogP contribution is 2.18. The molecule has 4 N–H and O–H groups in total. The van der Waals surface area contributed by atoms with Crippen LogP contribution >= 0.6 is 0 Å². The van der Waals surface area contributed by atoms with E-state index in [1.54, 1.807) is 6.92 Å². The van der Waals surface area contributed by atoms with E-state index in [0.29, 0.717) is 0 Å². The normalized spacial score (nSPS) is 17.2. The molecule has 1 atom stereocenters. The van der Waals surface area contributed by atoms with Crippen molar-refractivity contribution in [2.24, 2.45) is 5.73 Å². The molecular weight excluding hydrogens is 246 g/mol. The molecule has 104 valence electrons. The van der Waals surface area contributed by atoms with E-state index in [-0.39, 0.29) is 17.3 Å². The lowest BCUT2D eigenvalue weighted by atomic mass is 10.1. The van der Waals surface area contributed by atoms with Gasteiger partial charge in [0.25, 0.3) is 5.91 Å². The third kappa shape index (κ3) is 2.69. The van der Waals surface area contributed by atoms with Gasteiger partial charge >= 0.3 is 0 Å². The molecule has 1 aromatic heterocycles. The Morgan fingerprint density at radius 1 is 1.32 bits per heavy atom. The zero-order chi connectivity index (χ0) is 14.0. The summed E-state index contributed by atoms with van der Waals surface area (Å²) in [6.45, 7) is 3.30. The van der Waals surface area contributed by atoms with Gasteiger partial charge in [-0.1, -0.05) is 0 Å². The van der Waals surface area contributed by atoms with Gasteiger partial charge in [-0.15, -0.1) is 0 Å². The van der Waals surface area contributed by atoms with Crippen molar-refractivity contribution in [1.82, 2.24) is 14.7 Å². The van der Waals surface area contributed by atoms with Gasteiger partial charge in [-0.3, -0.25) is 14.3 Å². The van der Waals surface area contributed by atoms with Gasteiger partial charge in [-0.05, 0) is 26.2 Å². The number of nitrogen functional groups attached to an aromatic ring is 1. The molecule has 19 heavy (non-hydrogen) atoms. The lowest BCUT2D eigenvalue weighted by Crippen LogP contribution is -2.39. The summed E-state index contributed by atoms with van der Waals surface area (Å²) in [7, 11) is 0. The standard InChI is InChI=1S/C12H19N5O2/c1-8(12(19)16-5-3-2-4-6-16)17-7-9(13)10(15-17)11(14)18/h7-8H,2-6,13H2,1H3,(H2,14,18). The number of amides is 2. The molecule has 2 rings (SSSR count). The third-order valence-corrected chi connectivity index (χ3v) is 3.42. The maximum atomic E-state index is 12.3. The van der Waals surface area contributed by atoms with Crippen molar-refractivity contribution in [3.8, 4) is 0 Å². The third-order valence-electron chi connectivity index (χ3n) is 3.42. The highest BCUT2D eigenvalue weighted by atomic mass is 16.2. The number of anilines is 1. The number of nitrogens with zero attached hydrogens (tertiary/aromatic N) is 3. The second kappa shape index (κ2) is 5.29. The molecule has 2 heterocycles. The van der Waals surface area contributed by atoms with Crippen molar-refractivity contribution in [3.63, 3.8) is 0 Å². The minimum absolute atomic E-state index is 0.00165. The van der Waals surface area contributed by atoms with Gasteiger partial charge in [0.15, 0.2) is 5.69 Å². The molecule has 7 nitrogen and oxygen atoms in total. The Morgan fingerprint density at radius 2 is 1.95 bits per heavy atom. The SMILES string of the molecule is CC(C(=O)N1CCCCC1)n1cc(N)c(C(N)=O)n1. The Balaban J connectivity index is 2.14. The average molecular weight is 265 g/mol. The first-order chi connectivity index (χ1) is 9.00. The van der Waals surface area contributed by atoms with Gasteiger partial charge < -0.3 is 16.4 Å². The van der Waals surface area contributed by atoms with Crippen LogP contribution < -0.4 is 11.5 Å². The summed E-state index contributed by atoms with van der Waals surface area (Å²) in [6, 6.07) is -0.478. The van der Waals surface area contributed by atoms with E-state index >= 15 is 0 Å². The number of hydrogen-bond acceptors (Lipinski definition) is 4. The smallest absolute Gasteiger partial charge is 0.271 e. The molecule has 1 aromatic rings. The molecule has 0 aliphatic carbocycles. The first-order valence-electron chi connectivity index (χ1n) is 6.44. The van der Waals surface area contributed by atoms with Crippen molar-refractivity contribution in [2.45, 2.75) is 32.2 Å². The van der Waals surface area contributed by atoms with Crippen LogP contribution in [0.5, 0.6) is 0 Å². The van der Waals surface area contributed by atoms with Crippen LogP contribution in [0.1, 0.15) is 42.7 Å². The van der Waals surface area contributed by atoms with E-state index in [2.05, 4.69) is 5.10 Å². The summed E-state index contributed by atoms with van der Waals surface area (Å²) in [5.41, 5.74) is 11.0. The molecule has 0 aromatic carbocycles. The van der Waals surface area contributed by atoms with Crippen molar-refractivity contribution < 1.29 is 9.59 Å². The number of aromatic nitrogens is 2. The molecule has 0 spiro atoms. The monoisotopic (exact) mass is 265 g/mol. The second-order valence-electron chi connectivity index (χ2n) is 4.84. The Morgan fingerprint density at radius 3 is 2.47 bits per heavy atom. The van der Waals surface area contributed by atoms with Gasteiger partial charge in [0.05, 0.1) is 5.69 Å². The highest BCUT2D eigenvalue weighted by molar-refractivity contribution is 5.95. The number of nitrogens with two attached hydrogens (primary N) is 2. The van der Waals surface area contributed by atoms with Gasteiger partial charge in [-0.25, -0.2) is 0 Å². The Kier molecular flexibility index (Phi) is 3.73. The predicted octanol–water partition coefficient (Wildman–Crippen LogP) is 0.138. The van der Waals surface area contributed by atoms with Gasteiger partial charge in [0.2, 0.25) is 5.91 Å². The average Bonchev–Trinajstić information content (AvgIpc) is 2.80. The van der Waals surface area contributed by atoms with E-state index < -0.39 is 11.9 Å². The maximum Gasteiger partial charge on any atom is 0.271 e. The van der Waals surface area contributed by atoms with Crippen LogP contribution in [-0.4, -0.2) is 39.6 Å². The van der Waals surface area contributed by atoms with E-state index in [9.17, 15) is 9.59 Å². The Labute approximate surface area is 111 Å². The van der Waals surface area contributed by atoms with Gasteiger partial charge in [0, 0.05) is 19.3 Å². The zero-order valence-corrected chi connectivity index (χ0v) is 11.0. The number of carbonyl (C=O) groups excluding carboxylic acids is 2. The number of primary amides is 1. The van der Waals surface area contributed by atoms with Crippen molar-refractivity contribution in [3.05, 3.63) is 11.9 Å². The fourth-order valence-corrected chi connectivity index (χ4v) is 2.29. The van der Waals surface area contributed by atoms with Gasteiger partial charge in [0.1, 0.15) is 6.04 Å². The van der Waals surface area contributed by atoms with Crippen LogP contribution in [0, 0.1) is 0 Å². The van der Waals surface area contributed by atoms with E-state index in [1.165, 1.54) is 17.3 Å². The molecular formula is C12H19N5O2. The number of hydrogen-bond donors (Lipinski definition) is 2. The topological polar surface area (TPSA) is 107 Å². The molecule has 7 heteroatoms. The zero-order valence-electron chi connectivity index (χ0n) is 11.0. The Bertz CT molecular complexity index is 490. The van der Waals surface area contributed by atoms with Crippen molar-refractivity contribution in [1.29, 1.82) is 0 Å². The predicted molar refractivity (Wildman–Crippen MR) is 70.3 cm³/mol. The molecule has 0 saturated carbocycles. The minimum atomic E-state index is -0.686. The lowest BCUT2D eigenvalue weighted by molar-refractivity contribution is -0.135. The largest absolute Gasteiger partial charge is 0.396 e. The number of likely N-dealkylation sites (tertiary alicyclic amines) is 1. The number of rotatable bonds is 3. The van der Waals surface area contributed by atoms with Crippen molar-refractivity contribution in [2.75, 3.05) is 18.8 Å². The fourth-order valence-electron chi connectivity index (χ4n) is 2.29. The summed E-state index contributed by atoms with van der Waals surface area (Å²) in [4.78, 5) is 25.2.